The van der Waals surface area contributed by atoms with Gasteiger partial charge in [-0.1, -0.05) is 18.2 Å². The van der Waals surface area contributed by atoms with Crippen molar-refractivity contribution in [3.8, 4) is 0 Å². The summed E-state index contributed by atoms with van der Waals surface area (Å²) in [6.07, 6.45) is -0.418. The smallest absolute Gasteiger partial charge is 0.410 e. The first-order chi connectivity index (χ1) is 14.5. The van der Waals surface area contributed by atoms with Crippen LogP contribution in [0.1, 0.15) is 43.5 Å². The fourth-order valence-corrected chi connectivity index (χ4v) is 3.06. The molecule has 0 saturated carbocycles. The van der Waals surface area contributed by atoms with Crippen molar-refractivity contribution in [2.24, 2.45) is 0 Å². The molecule has 0 aliphatic carbocycles. The van der Waals surface area contributed by atoms with Crippen molar-refractivity contribution < 1.29 is 14.3 Å². The van der Waals surface area contributed by atoms with Crippen LogP contribution < -0.4 is 5.32 Å². The summed E-state index contributed by atoms with van der Waals surface area (Å²) in [5.41, 5.74) is 2.58. The highest BCUT2D eigenvalue weighted by molar-refractivity contribution is 5.92. The number of hydrogen-bond acceptors (Lipinski definition) is 6. The van der Waals surface area contributed by atoms with Gasteiger partial charge in [-0.15, -0.1) is 5.10 Å². The first-order valence-corrected chi connectivity index (χ1v) is 10.0. The summed E-state index contributed by atoms with van der Waals surface area (Å²) < 4.78 is 7.02. The van der Waals surface area contributed by atoms with E-state index in [9.17, 15) is 9.59 Å². The van der Waals surface area contributed by atoms with E-state index in [-0.39, 0.29) is 12.3 Å². The number of benzene rings is 1. The maximum Gasteiger partial charge on any atom is 0.410 e. The summed E-state index contributed by atoms with van der Waals surface area (Å²) >= 11 is 0. The summed E-state index contributed by atoms with van der Waals surface area (Å²) in [6, 6.07) is 9.24. The lowest BCUT2D eigenvalue weighted by Crippen LogP contribution is -2.34. The molecule has 3 rings (SSSR count). The molecule has 9 nitrogen and oxygen atoms in total. The number of anilines is 1. The molecule has 1 N–H and O–H groups in total. The molecular weight excluding hydrogens is 396 g/mol. The lowest BCUT2D eigenvalue weighted by molar-refractivity contribution is -0.115. The minimum atomic E-state index is -0.577. The molecule has 0 atom stereocenters. The SMILES string of the molecule is Cc1cc(C)n2nc(CC(=O)Nc3ccccc3CN(C)C(=O)OC(C)(C)C)nc2n1. The Morgan fingerprint density at radius 3 is 2.58 bits per heavy atom. The molecule has 0 radical (unpaired) electrons. The highest BCUT2D eigenvalue weighted by Crippen LogP contribution is 2.19. The number of para-hydroxylation sites is 1. The predicted molar refractivity (Wildman–Crippen MR) is 117 cm³/mol. The Bertz CT molecular complexity index is 1120. The van der Waals surface area contributed by atoms with Crippen molar-refractivity contribution in [2.45, 2.75) is 53.2 Å². The number of aryl methyl sites for hydroxylation is 2. The van der Waals surface area contributed by atoms with Gasteiger partial charge < -0.3 is 15.0 Å². The van der Waals surface area contributed by atoms with Gasteiger partial charge in [-0.25, -0.2) is 14.3 Å². The number of nitrogens with one attached hydrogen (secondary N) is 1. The second-order valence-corrected chi connectivity index (χ2v) is 8.50. The van der Waals surface area contributed by atoms with Crippen molar-refractivity contribution in [3.05, 3.63) is 53.1 Å². The zero-order valence-electron chi connectivity index (χ0n) is 18.8. The maximum absolute atomic E-state index is 12.6. The van der Waals surface area contributed by atoms with E-state index in [1.54, 1.807) is 17.6 Å². The van der Waals surface area contributed by atoms with Crippen LogP contribution in [0.15, 0.2) is 30.3 Å². The van der Waals surface area contributed by atoms with Gasteiger partial charge in [0.05, 0.1) is 13.0 Å². The third kappa shape index (κ3) is 5.78. The van der Waals surface area contributed by atoms with Crippen LogP contribution in [0.3, 0.4) is 0 Å². The summed E-state index contributed by atoms with van der Waals surface area (Å²) in [5, 5.41) is 7.27. The van der Waals surface area contributed by atoms with E-state index in [0.29, 0.717) is 23.8 Å². The Hall–Kier alpha value is -3.49. The molecule has 2 aromatic heterocycles. The van der Waals surface area contributed by atoms with Crippen LogP contribution in [0.25, 0.3) is 5.78 Å². The van der Waals surface area contributed by atoms with Gasteiger partial charge in [0.1, 0.15) is 5.60 Å². The number of rotatable bonds is 5. The minimum absolute atomic E-state index is 0.0120. The third-order valence-electron chi connectivity index (χ3n) is 4.38. The minimum Gasteiger partial charge on any atom is -0.444 e. The monoisotopic (exact) mass is 424 g/mol. The number of nitrogens with zero attached hydrogens (tertiary/aromatic N) is 5. The first-order valence-electron chi connectivity index (χ1n) is 10.0. The molecule has 0 aliphatic heterocycles. The van der Waals surface area contributed by atoms with Crippen LogP contribution in [-0.4, -0.2) is 49.1 Å². The molecule has 31 heavy (non-hydrogen) atoms. The van der Waals surface area contributed by atoms with Crippen molar-refractivity contribution in [1.29, 1.82) is 0 Å². The van der Waals surface area contributed by atoms with Gasteiger partial charge in [-0.05, 0) is 52.3 Å². The maximum atomic E-state index is 12.6. The average Bonchev–Trinajstić information content (AvgIpc) is 3.04. The zero-order chi connectivity index (χ0) is 22.8. The number of fused-ring (bicyclic) bond motifs is 1. The van der Waals surface area contributed by atoms with Crippen molar-refractivity contribution in [3.63, 3.8) is 0 Å². The number of hydrogen-bond donors (Lipinski definition) is 1. The van der Waals surface area contributed by atoms with Gasteiger partial charge in [0.25, 0.3) is 5.78 Å². The Balaban J connectivity index is 1.70. The topological polar surface area (TPSA) is 102 Å². The molecule has 0 saturated heterocycles. The van der Waals surface area contributed by atoms with Crippen LogP contribution >= 0.6 is 0 Å². The first kappa shape index (κ1) is 22.2. The lowest BCUT2D eigenvalue weighted by Gasteiger charge is -2.25. The van der Waals surface area contributed by atoms with Crippen molar-refractivity contribution >= 4 is 23.5 Å². The molecule has 9 heteroatoms. The quantitative estimate of drug-likeness (QED) is 0.674. The largest absolute Gasteiger partial charge is 0.444 e. The summed E-state index contributed by atoms with van der Waals surface area (Å²) in [5.74, 6) is 0.611. The molecule has 3 aromatic rings. The molecule has 0 spiro atoms. The molecule has 0 aliphatic rings. The fourth-order valence-electron chi connectivity index (χ4n) is 3.06. The van der Waals surface area contributed by atoms with Gasteiger partial charge >= 0.3 is 6.09 Å². The van der Waals surface area contributed by atoms with Crippen LogP contribution in [0.2, 0.25) is 0 Å². The number of amides is 2. The summed E-state index contributed by atoms with van der Waals surface area (Å²) in [7, 11) is 1.66. The third-order valence-corrected chi connectivity index (χ3v) is 4.38. The standard InChI is InChI=1S/C22H28N6O3/c1-14-11-15(2)28-20(23-14)25-18(26-28)12-19(29)24-17-10-8-7-9-16(17)13-27(6)21(30)31-22(3,4)5/h7-11H,12-13H2,1-6H3,(H,24,29). The van der Waals surface area contributed by atoms with E-state index in [0.717, 1.165) is 17.0 Å². The fraction of sp³-hybridized carbons (Fsp3) is 0.409. The van der Waals surface area contributed by atoms with Gasteiger partial charge in [-0.2, -0.15) is 4.98 Å². The summed E-state index contributed by atoms with van der Waals surface area (Å²) in [6.45, 7) is 9.55. The Kier molecular flexibility index (Phi) is 6.24. The van der Waals surface area contributed by atoms with Crippen LogP contribution in [0.4, 0.5) is 10.5 Å². The van der Waals surface area contributed by atoms with Gasteiger partial charge in [0, 0.05) is 24.1 Å². The zero-order valence-corrected chi connectivity index (χ0v) is 18.8. The number of carbonyl (C=O) groups is 2. The molecule has 1 aromatic carbocycles. The lowest BCUT2D eigenvalue weighted by atomic mass is 10.1. The normalized spacial score (nSPS) is 11.4. The highest BCUT2D eigenvalue weighted by atomic mass is 16.6. The second-order valence-electron chi connectivity index (χ2n) is 8.50. The van der Waals surface area contributed by atoms with E-state index >= 15 is 0 Å². The Morgan fingerprint density at radius 2 is 1.87 bits per heavy atom. The number of carbonyl (C=O) groups excluding carboxylic acids is 2. The molecule has 2 amide bonds. The number of ether oxygens (including phenoxy) is 1. The van der Waals surface area contributed by atoms with Gasteiger partial charge in [0.2, 0.25) is 5.91 Å². The van der Waals surface area contributed by atoms with E-state index in [1.807, 2.05) is 58.9 Å². The van der Waals surface area contributed by atoms with Crippen LogP contribution in [0, 0.1) is 13.8 Å². The van der Waals surface area contributed by atoms with Crippen LogP contribution in [0.5, 0.6) is 0 Å². The highest BCUT2D eigenvalue weighted by Gasteiger charge is 2.21. The Morgan fingerprint density at radius 1 is 1.16 bits per heavy atom. The number of aromatic nitrogens is 4. The van der Waals surface area contributed by atoms with Crippen molar-refractivity contribution in [2.75, 3.05) is 12.4 Å². The average molecular weight is 425 g/mol. The van der Waals surface area contributed by atoms with E-state index < -0.39 is 11.7 Å². The molecular formula is C22H28N6O3. The molecule has 2 heterocycles. The van der Waals surface area contributed by atoms with E-state index in [4.69, 9.17) is 4.74 Å². The Labute approximate surface area is 181 Å². The molecule has 0 bridgehead atoms. The predicted octanol–water partition coefficient (Wildman–Crippen LogP) is 3.29. The second kappa shape index (κ2) is 8.71. The van der Waals surface area contributed by atoms with E-state index in [2.05, 4.69) is 20.4 Å². The summed E-state index contributed by atoms with van der Waals surface area (Å²) in [4.78, 5) is 35.1. The van der Waals surface area contributed by atoms with Crippen LogP contribution in [-0.2, 0) is 22.5 Å². The van der Waals surface area contributed by atoms with E-state index in [1.165, 1.54) is 4.90 Å². The van der Waals surface area contributed by atoms with Gasteiger partial charge in [0.15, 0.2) is 5.82 Å². The molecule has 0 unspecified atom stereocenters. The van der Waals surface area contributed by atoms with Gasteiger partial charge in [-0.3, -0.25) is 4.79 Å². The van der Waals surface area contributed by atoms with Crippen molar-refractivity contribution in [1.82, 2.24) is 24.5 Å². The molecule has 164 valence electrons. The molecule has 0 fully saturated rings.